The molecule has 2 aromatic heterocycles. The van der Waals surface area contributed by atoms with E-state index in [2.05, 4.69) is 37.0 Å². The number of nitrogens with zero attached hydrogens (tertiary/aromatic N) is 3. The van der Waals surface area contributed by atoms with Gasteiger partial charge in [0.05, 0.1) is 11.0 Å². The SMILES string of the molecule is O=C(NCCc1nccn1Cc1ccccc1)c1ccc(CSc2nc3ccccc3[nH]2)cc1. The van der Waals surface area contributed by atoms with Crippen molar-refractivity contribution in [3.63, 3.8) is 0 Å². The molecule has 1 amide bonds. The number of carbonyl (C=O) groups is 1. The Hall–Kier alpha value is -3.84. The van der Waals surface area contributed by atoms with Gasteiger partial charge in [0.15, 0.2) is 5.16 Å². The highest BCUT2D eigenvalue weighted by Gasteiger charge is 2.08. The molecule has 0 aliphatic carbocycles. The van der Waals surface area contributed by atoms with Crippen LogP contribution in [0.15, 0.2) is 96.4 Å². The Bertz CT molecular complexity index is 1340. The molecule has 2 N–H and O–H groups in total. The van der Waals surface area contributed by atoms with Crippen molar-refractivity contribution in [3.8, 4) is 0 Å². The number of hydrogen-bond acceptors (Lipinski definition) is 4. The molecule has 0 unspecified atom stereocenters. The van der Waals surface area contributed by atoms with Crippen LogP contribution in [0, 0.1) is 0 Å². The minimum Gasteiger partial charge on any atom is -0.352 e. The summed E-state index contributed by atoms with van der Waals surface area (Å²) in [5.74, 6) is 1.67. The first-order valence-corrected chi connectivity index (χ1v) is 12.2. The molecule has 0 saturated heterocycles. The van der Waals surface area contributed by atoms with E-state index in [4.69, 9.17) is 0 Å². The third-order valence-electron chi connectivity index (χ3n) is 5.59. The highest BCUT2D eigenvalue weighted by atomic mass is 32.2. The van der Waals surface area contributed by atoms with E-state index in [1.807, 2.05) is 79.1 Å². The van der Waals surface area contributed by atoms with E-state index in [0.29, 0.717) is 18.5 Å². The largest absolute Gasteiger partial charge is 0.352 e. The van der Waals surface area contributed by atoms with Crippen LogP contribution in [0.2, 0.25) is 0 Å². The van der Waals surface area contributed by atoms with Crippen molar-refractivity contribution in [2.45, 2.75) is 23.9 Å². The number of aromatic amines is 1. The van der Waals surface area contributed by atoms with Crippen LogP contribution in [0.5, 0.6) is 0 Å². The monoisotopic (exact) mass is 467 g/mol. The van der Waals surface area contributed by atoms with Gasteiger partial charge in [-0.25, -0.2) is 9.97 Å². The van der Waals surface area contributed by atoms with Gasteiger partial charge in [-0.1, -0.05) is 66.4 Å². The molecule has 34 heavy (non-hydrogen) atoms. The number of benzene rings is 3. The zero-order chi connectivity index (χ0) is 23.2. The lowest BCUT2D eigenvalue weighted by Gasteiger charge is -2.09. The summed E-state index contributed by atoms with van der Waals surface area (Å²) < 4.78 is 2.12. The van der Waals surface area contributed by atoms with Gasteiger partial charge in [-0.05, 0) is 35.4 Å². The van der Waals surface area contributed by atoms with E-state index < -0.39 is 0 Å². The molecule has 0 fully saturated rings. The Morgan fingerprint density at radius 1 is 0.941 bits per heavy atom. The van der Waals surface area contributed by atoms with E-state index >= 15 is 0 Å². The molecule has 0 bridgehead atoms. The predicted octanol–water partition coefficient (Wildman–Crippen LogP) is 5.07. The standard InChI is InChI=1S/C27H25N5OS/c33-26(29-15-14-25-28-16-17-32(25)18-20-6-2-1-3-7-20)22-12-10-21(11-13-22)19-34-27-30-23-8-4-5-9-24(23)31-27/h1-13,16-17H,14-15,18-19H2,(H,29,33)(H,30,31). The van der Waals surface area contributed by atoms with Gasteiger partial charge in [0, 0.05) is 43.2 Å². The fourth-order valence-electron chi connectivity index (χ4n) is 3.78. The molecular weight excluding hydrogens is 442 g/mol. The molecular formula is C27H25N5OS. The first-order valence-electron chi connectivity index (χ1n) is 11.2. The Morgan fingerprint density at radius 3 is 2.56 bits per heavy atom. The summed E-state index contributed by atoms with van der Waals surface area (Å²) in [5.41, 5.74) is 5.04. The van der Waals surface area contributed by atoms with Crippen LogP contribution in [0.4, 0.5) is 0 Å². The van der Waals surface area contributed by atoms with Crippen LogP contribution in [-0.2, 0) is 18.7 Å². The average Bonchev–Trinajstić information content (AvgIpc) is 3.50. The third kappa shape index (κ3) is 5.38. The number of amides is 1. The molecule has 0 atom stereocenters. The average molecular weight is 468 g/mol. The summed E-state index contributed by atoms with van der Waals surface area (Å²) in [5, 5.41) is 3.90. The Labute approximate surface area is 202 Å². The maximum Gasteiger partial charge on any atom is 0.251 e. The number of rotatable bonds is 9. The maximum atomic E-state index is 12.6. The number of hydrogen-bond donors (Lipinski definition) is 2. The topological polar surface area (TPSA) is 75.6 Å². The second kappa shape index (κ2) is 10.4. The maximum absolute atomic E-state index is 12.6. The number of H-pyrrole nitrogens is 1. The van der Waals surface area contributed by atoms with Crippen molar-refractivity contribution in [1.82, 2.24) is 24.8 Å². The Kier molecular flexibility index (Phi) is 6.72. The predicted molar refractivity (Wildman–Crippen MR) is 136 cm³/mol. The quantitative estimate of drug-likeness (QED) is 0.297. The van der Waals surface area contributed by atoms with Crippen molar-refractivity contribution < 1.29 is 4.79 Å². The van der Waals surface area contributed by atoms with Crippen LogP contribution in [0.3, 0.4) is 0 Å². The van der Waals surface area contributed by atoms with Crippen LogP contribution in [-0.4, -0.2) is 32.0 Å². The van der Waals surface area contributed by atoms with E-state index in [-0.39, 0.29) is 5.91 Å². The summed E-state index contributed by atoms with van der Waals surface area (Å²) in [7, 11) is 0. The molecule has 0 aliphatic heterocycles. The zero-order valence-corrected chi connectivity index (χ0v) is 19.5. The van der Waals surface area contributed by atoms with Crippen molar-refractivity contribution in [2.75, 3.05) is 6.54 Å². The van der Waals surface area contributed by atoms with Crippen LogP contribution in [0.25, 0.3) is 11.0 Å². The van der Waals surface area contributed by atoms with Gasteiger partial charge in [0.25, 0.3) is 5.91 Å². The Balaban J connectivity index is 1.11. The van der Waals surface area contributed by atoms with Gasteiger partial charge in [-0.2, -0.15) is 0 Å². The minimum atomic E-state index is -0.0716. The number of fused-ring (bicyclic) bond motifs is 1. The van der Waals surface area contributed by atoms with E-state index in [1.165, 1.54) is 5.56 Å². The lowest BCUT2D eigenvalue weighted by Crippen LogP contribution is -2.26. The number of carbonyl (C=O) groups excluding carboxylic acids is 1. The van der Waals surface area contributed by atoms with Gasteiger partial charge in [-0.3, -0.25) is 4.79 Å². The number of nitrogens with one attached hydrogen (secondary N) is 2. The lowest BCUT2D eigenvalue weighted by atomic mass is 10.1. The molecule has 3 aromatic carbocycles. The van der Waals surface area contributed by atoms with Crippen molar-refractivity contribution in [1.29, 1.82) is 0 Å². The highest BCUT2D eigenvalue weighted by Crippen LogP contribution is 2.23. The summed E-state index contributed by atoms with van der Waals surface area (Å²) in [6, 6.07) is 26.0. The van der Waals surface area contributed by atoms with Crippen LogP contribution in [0.1, 0.15) is 27.3 Å². The smallest absolute Gasteiger partial charge is 0.251 e. The molecule has 5 rings (SSSR count). The number of para-hydroxylation sites is 2. The molecule has 7 heteroatoms. The summed E-state index contributed by atoms with van der Waals surface area (Å²) in [6.07, 6.45) is 4.46. The molecule has 6 nitrogen and oxygen atoms in total. The van der Waals surface area contributed by atoms with E-state index in [1.54, 1.807) is 11.8 Å². The fourth-order valence-corrected chi connectivity index (χ4v) is 4.62. The number of thioether (sulfide) groups is 1. The number of imidazole rings is 2. The van der Waals surface area contributed by atoms with Gasteiger partial charge >= 0.3 is 0 Å². The molecule has 0 radical (unpaired) electrons. The zero-order valence-electron chi connectivity index (χ0n) is 18.6. The van der Waals surface area contributed by atoms with Gasteiger partial charge in [0.2, 0.25) is 0 Å². The van der Waals surface area contributed by atoms with Gasteiger partial charge in [-0.15, -0.1) is 0 Å². The summed E-state index contributed by atoms with van der Waals surface area (Å²) in [4.78, 5) is 25.0. The molecule has 0 spiro atoms. The minimum absolute atomic E-state index is 0.0716. The molecule has 2 heterocycles. The van der Waals surface area contributed by atoms with Gasteiger partial charge in [0.1, 0.15) is 5.82 Å². The summed E-state index contributed by atoms with van der Waals surface area (Å²) in [6.45, 7) is 1.31. The number of aromatic nitrogens is 4. The molecule has 0 saturated carbocycles. The lowest BCUT2D eigenvalue weighted by molar-refractivity contribution is 0.0954. The van der Waals surface area contributed by atoms with Crippen molar-refractivity contribution >= 4 is 28.7 Å². The Morgan fingerprint density at radius 2 is 1.74 bits per heavy atom. The molecule has 0 aliphatic rings. The molecule has 5 aromatic rings. The second-order valence-electron chi connectivity index (χ2n) is 8.01. The molecule has 170 valence electrons. The van der Waals surface area contributed by atoms with Crippen LogP contribution < -0.4 is 5.32 Å². The third-order valence-corrected chi connectivity index (χ3v) is 6.54. The second-order valence-corrected chi connectivity index (χ2v) is 8.97. The fraction of sp³-hybridized carbons (Fsp3) is 0.148. The van der Waals surface area contributed by atoms with E-state index in [9.17, 15) is 4.79 Å². The van der Waals surface area contributed by atoms with E-state index in [0.717, 1.165) is 39.9 Å². The van der Waals surface area contributed by atoms with Crippen LogP contribution >= 0.6 is 11.8 Å². The van der Waals surface area contributed by atoms with Crippen molar-refractivity contribution in [3.05, 3.63) is 114 Å². The normalized spacial score (nSPS) is 11.1. The first kappa shape index (κ1) is 22.0. The first-order chi connectivity index (χ1) is 16.7. The summed E-state index contributed by atoms with van der Waals surface area (Å²) >= 11 is 1.65. The van der Waals surface area contributed by atoms with Gasteiger partial charge < -0.3 is 14.9 Å². The highest BCUT2D eigenvalue weighted by molar-refractivity contribution is 7.98. The van der Waals surface area contributed by atoms with Crippen molar-refractivity contribution in [2.24, 2.45) is 0 Å².